The fourth-order valence-electron chi connectivity index (χ4n) is 3.60. The van der Waals surface area contributed by atoms with Gasteiger partial charge in [0.25, 0.3) is 0 Å². The maximum Gasteiger partial charge on any atom is 0.226 e. The van der Waals surface area contributed by atoms with E-state index in [1.165, 1.54) is 12.1 Å². The van der Waals surface area contributed by atoms with E-state index in [0.717, 1.165) is 29.7 Å². The molecule has 0 aliphatic rings. The monoisotopic (exact) mass is 427 g/mol. The van der Waals surface area contributed by atoms with Gasteiger partial charge in [-0.25, -0.2) is 4.39 Å². The standard InChI is InChI=1S/C25H34FN3O2/c1-6-19(7-2)25(31)29(16-18-9-11-21(26)12-10-18)17-20-15-22(27-24(30)8-3)13-14-23(20)28(4)5/h9-15,19H,6-8,16-17H2,1-5H3,(H,27,30). The maximum atomic E-state index is 13.4. The quantitative estimate of drug-likeness (QED) is 0.567. The minimum absolute atomic E-state index is 0.0557. The second-order valence-electron chi connectivity index (χ2n) is 7.97. The van der Waals surface area contributed by atoms with Crippen LogP contribution in [0.25, 0.3) is 0 Å². The van der Waals surface area contributed by atoms with E-state index in [1.807, 2.05) is 62.9 Å². The summed E-state index contributed by atoms with van der Waals surface area (Å²) in [7, 11) is 3.91. The molecule has 0 saturated heterocycles. The fraction of sp³-hybridized carbons (Fsp3) is 0.440. The second kappa shape index (κ2) is 11.5. The number of carbonyl (C=O) groups is 2. The molecule has 0 radical (unpaired) electrons. The molecule has 5 nitrogen and oxygen atoms in total. The third-order valence-corrected chi connectivity index (χ3v) is 5.46. The van der Waals surface area contributed by atoms with Gasteiger partial charge in [0.15, 0.2) is 0 Å². The van der Waals surface area contributed by atoms with E-state index >= 15 is 0 Å². The third kappa shape index (κ3) is 6.81. The zero-order valence-electron chi connectivity index (χ0n) is 19.2. The van der Waals surface area contributed by atoms with Gasteiger partial charge in [0.2, 0.25) is 11.8 Å². The highest BCUT2D eigenvalue weighted by Gasteiger charge is 2.23. The lowest BCUT2D eigenvalue weighted by molar-refractivity contribution is -0.137. The first-order valence-corrected chi connectivity index (χ1v) is 10.9. The number of anilines is 2. The summed E-state index contributed by atoms with van der Waals surface area (Å²) >= 11 is 0. The average Bonchev–Trinajstić information content (AvgIpc) is 2.75. The maximum absolute atomic E-state index is 13.4. The first-order chi connectivity index (χ1) is 14.8. The predicted octanol–water partition coefficient (Wildman–Crippen LogP) is 5.21. The molecule has 0 saturated carbocycles. The van der Waals surface area contributed by atoms with E-state index in [2.05, 4.69) is 5.32 Å². The largest absolute Gasteiger partial charge is 0.377 e. The van der Waals surface area contributed by atoms with E-state index in [-0.39, 0.29) is 23.5 Å². The number of benzene rings is 2. The molecule has 0 aliphatic carbocycles. The van der Waals surface area contributed by atoms with Crippen molar-refractivity contribution in [2.75, 3.05) is 24.3 Å². The van der Waals surface area contributed by atoms with Gasteiger partial charge in [0.1, 0.15) is 5.82 Å². The Kier molecular flexibility index (Phi) is 9.03. The highest BCUT2D eigenvalue weighted by Crippen LogP contribution is 2.27. The van der Waals surface area contributed by atoms with Crippen LogP contribution in [0.15, 0.2) is 42.5 Å². The molecule has 2 rings (SSSR count). The summed E-state index contributed by atoms with van der Waals surface area (Å²) in [6, 6.07) is 12.0. The highest BCUT2D eigenvalue weighted by atomic mass is 19.1. The lowest BCUT2D eigenvalue weighted by Gasteiger charge is -2.29. The van der Waals surface area contributed by atoms with Crippen LogP contribution < -0.4 is 10.2 Å². The Hall–Kier alpha value is -2.89. The fourth-order valence-corrected chi connectivity index (χ4v) is 3.60. The number of hydrogen-bond acceptors (Lipinski definition) is 3. The second-order valence-corrected chi connectivity index (χ2v) is 7.97. The molecule has 0 atom stereocenters. The number of rotatable bonds is 10. The molecule has 2 amide bonds. The van der Waals surface area contributed by atoms with Gasteiger partial charge in [-0.15, -0.1) is 0 Å². The average molecular weight is 428 g/mol. The lowest BCUT2D eigenvalue weighted by atomic mass is 10.0. The molecule has 2 aromatic rings. The van der Waals surface area contributed by atoms with E-state index < -0.39 is 0 Å². The number of carbonyl (C=O) groups excluding carboxylic acids is 2. The van der Waals surface area contributed by atoms with Crippen LogP contribution in [0.5, 0.6) is 0 Å². The van der Waals surface area contributed by atoms with Crippen LogP contribution in [0.3, 0.4) is 0 Å². The molecule has 2 aromatic carbocycles. The van der Waals surface area contributed by atoms with Gasteiger partial charge in [-0.05, 0) is 54.3 Å². The zero-order chi connectivity index (χ0) is 23.0. The summed E-state index contributed by atoms with van der Waals surface area (Å²) in [4.78, 5) is 29.0. The molecule has 0 fully saturated rings. The molecular formula is C25H34FN3O2. The van der Waals surface area contributed by atoms with Gasteiger partial charge in [-0.2, -0.15) is 0 Å². The van der Waals surface area contributed by atoms with E-state index in [1.54, 1.807) is 12.1 Å². The summed E-state index contributed by atoms with van der Waals surface area (Å²) in [5.41, 5.74) is 3.52. The van der Waals surface area contributed by atoms with Crippen molar-refractivity contribution < 1.29 is 14.0 Å². The first kappa shape index (κ1) is 24.4. The minimum atomic E-state index is -0.295. The predicted molar refractivity (Wildman–Crippen MR) is 124 cm³/mol. The molecule has 31 heavy (non-hydrogen) atoms. The van der Waals surface area contributed by atoms with Crippen molar-refractivity contribution >= 4 is 23.2 Å². The van der Waals surface area contributed by atoms with Crippen molar-refractivity contribution in [2.45, 2.75) is 53.1 Å². The summed E-state index contributed by atoms with van der Waals surface area (Å²) in [6.07, 6.45) is 1.93. The van der Waals surface area contributed by atoms with Crippen molar-refractivity contribution in [3.8, 4) is 0 Å². The van der Waals surface area contributed by atoms with Crippen LogP contribution in [0, 0.1) is 11.7 Å². The molecule has 0 aromatic heterocycles. The molecule has 0 bridgehead atoms. The molecule has 6 heteroatoms. The Balaban J connectivity index is 2.41. The smallest absolute Gasteiger partial charge is 0.226 e. The van der Waals surface area contributed by atoms with Gasteiger partial charge >= 0.3 is 0 Å². The number of nitrogens with one attached hydrogen (secondary N) is 1. The lowest BCUT2D eigenvalue weighted by Crippen LogP contribution is -2.35. The van der Waals surface area contributed by atoms with E-state index in [4.69, 9.17) is 0 Å². The summed E-state index contributed by atoms with van der Waals surface area (Å²) in [5, 5.41) is 2.90. The number of nitrogens with zero attached hydrogens (tertiary/aromatic N) is 2. The highest BCUT2D eigenvalue weighted by molar-refractivity contribution is 5.91. The van der Waals surface area contributed by atoms with Gasteiger partial charge in [0, 0.05) is 50.9 Å². The normalized spacial score (nSPS) is 10.8. The van der Waals surface area contributed by atoms with Gasteiger partial charge in [-0.3, -0.25) is 9.59 Å². The van der Waals surface area contributed by atoms with Crippen molar-refractivity contribution in [3.63, 3.8) is 0 Å². The molecule has 1 N–H and O–H groups in total. The SMILES string of the molecule is CCC(=O)Nc1ccc(N(C)C)c(CN(Cc2ccc(F)cc2)C(=O)C(CC)CC)c1. The third-order valence-electron chi connectivity index (χ3n) is 5.46. The Morgan fingerprint density at radius 2 is 1.61 bits per heavy atom. The van der Waals surface area contributed by atoms with Crippen LogP contribution in [0.1, 0.15) is 51.2 Å². The van der Waals surface area contributed by atoms with E-state index in [9.17, 15) is 14.0 Å². The van der Waals surface area contributed by atoms with Crippen molar-refractivity contribution in [2.24, 2.45) is 5.92 Å². The molecule has 0 aliphatic heterocycles. The number of amides is 2. The minimum Gasteiger partial charge on any atom is -0.377 e. The summed E-state index contributed by atoms with van der Waals surface area (Å²) in [5.74, 6) is -0.330. The molecule has 0 heterocycles. The number of halogens is 1. The van der Waals surface area contributed by atoms with Crippen LogP contribution in [0.4, 0.5) is 15.8 Å². The Morgan fingerprint density at radius 1 is 0.968 bits per heavy atom. The van der Waals surface area contributed by atoms with Crippen LogP contribution in [0.2, 0.25) is 0 Å². The van der Waals surface area contributed by atoms with Gasteiger partial charge < -0.3 is 15.1 Å². The Labute approximate surface area is 185 Å². The van der Waals surface area contributed by atoms with Crippen molar-refractivity contribution in [3.05, 3.63) is 59.4 Å². The van der Waals surface area contributed by atoms with Gasteiger partial charge in [-0.1, -0.05) is 32.9 Å². The zero-order valence-corrected chi connectivity index (χ0v) is 19.2. The van der Waals surface area contributed by atoms with E-state index in [0.29, 0.717) is 25.2 Å². The van der Waals surface area contributed by atoms with Crippen molar-refractivity contribution in [1.82, 2.24) is 4.90 Å². The van der Waals surface area contributed by atoms with Crippen molar-refractivity contribution in [1.29, 1.82) is 0 Å². The Bertz CT molecular complexity index is 877. The summed E-state index contributed by atoms with van der Waals surface area (Å²) in [6.45, 7) is 6.65. The first-order valence-electron chi connectivity index (χ1n) is 10.9. The number of hydrogen-bond donors (Lipinski definition) is 1. The molecular weight excluding hydrogens is 393 g/mol. The molecule has 0 unspecified atom stereocenters. The molecule has 168 valence electrons. The van der Waals surface area contributed by atoms with Gasteiger partial charge in [0.05, 0.1) is 0 Å². The van der Waals surface area contributed by atoms with Crippen LogP contribution in [-0.4, -0.2) is 30.8 Å². The topological polar surface area (TPSA) is 52.7 Å². The summed E-state index contributed by atoms with van der Waals surface area (Å²) < 4.78 is 13.4. The van der Waals surface area contributed by atoms with Crippen LogP contribution >= 0.6 is 0 Å². The molecule has 0 spiro atoms. The Morgan fingerprint density at radius 3 is 2.16 bits per heavy atom. The van der Waals surface area contributed by atoms with Crippen LogP contribution in [-0.2, 0) is 22.7 Å².